The molecule has 1 aliphatic rings. The highest BCUT2D eigenvalue weighted by atomic mass is 16.5. The molecule has 6 nitrogen and oxygen atoms in total. The zero-order valence-electron chi connectivity index (χ0n) is 17.9. The second-order valence-corrected chi connectivity index (χ2v) is 7.75. The van der Waals surface area contributed by atoms with Crippen molar-refractivity contribution in [1.82, 2.24) is 4.90 Å². The lowest BCUT2D eigenvalue weighted by Gasteiger charge is -2.37. The van der Waals surface area contributed by atoms with Gasteiger partial charge in [0.2, 0.25) is 0 Å². The fourth-order valence-electron chi connectivity index (χ4n) is 3.36. The molecule has 0 radical (unpaired) electrons. The number of esters is 1. The molecule has 1 aliphatic heterocycles. The summed E-state index contributed by atoms with van der Waals surface area (Å²) in [7, 11) is 0. The van der Waals surface area contributed by atoms with Gasteiger partial charge in [-0.15, -0.1) is 0 Å². The topological polar surface area (TPSA) is 59.1 Å². The van der Waals surface area contributed by atoms with E-state index in [2.05, 4.69) is 17.0 Å². The number of piperazine rings is 1. The molecule has 3 rings (SSSR count). The highest BCUT2D eigenvalue weighted by Gasteiger charge is 2.27. The lowest BCUT2D eigenvalue weighted by atomic mass is 10.1. The number of anilines is 1. The number of amides is 1. The van der Waals surface area contributed by atoms with E-state index in [4.69, 9.17) is 9.47 Å². The molecular weight excluding hydrogens is 380 g/mol. The third-order valence-electron chi connectivity index (χ3n) is 5.12. The molecule has 0 bridgehead atoms. The van der Waals surface area contributed by atoms with E-state index in [0.717, 1.165) is 24.3 Å². The summed E-state index contributed by atoms with van der Waals surface area (Å²) in [6, 6.07) is 17.3. The lowest BCUT2D eigenvalue weighted by molar-refractivity contribution is -0.140. The van der Waals surface area contributed by atoms with Gasteiger partial charge in [0.25, 0.3) is 5.91 Å². The minimum atomic E-state index is -0.815. The van der Waals surface area contributed by atoms with Crippen molar-refractivity contribution in [2.75, 3.05) is 31.1 Å². The molecule has 160 valence electrons. The number of rotatable bonds is 7. The molecule has 6 heteroatoms. The van der Waals surface area contributed by atoms with Crippen LogP contribution in [0.15, 0.2) is 54.6 Å². The van der Waals surface area contributed by atoms with E-state index in [1.165, 1.54) is 0 Å². The van der Waals surface area contributed by atoms with Crippen LogP contribution in [0.4, 0.5) is 5.69 Å². The quantitative estimate of drug-likeness (QED) is 0.654. The molecule has 1 saturated heterocycles. The Morgan fingerprint density at radius 3 is 2.13 bits per heavy atom. The maximum absolute atomic E-state index is 12.7. The summed E-state index contributed by atoms with van der Waals surface area (Å²) in [6.45, 7) is 8.83. The molecular formula is C24H30N2O4. The predicted octanol–water partition coefficient (Wildman–Crippen LogP) is 3.51. The first-order valence-corrected chi connectivity index (χ1v) is 10.4. The van der Waals surface area contributed by atoms with Crippen LogP contribution in [-0.2, 0) is 20.9 Å². The molecule has 0 unspecified atom stereocenters. The summed E-state index contributed by atoms with van der Waals surface area (Å²) in [5.41, 5.74) is 2.57. The zero-order valence-corrected chi connectivity index (χ0v) is 17.9. The van der Waals surface area contributed by atoms with Gasteiger partial charge in [-0.3, -0.25) is 4.79 Å². The third kappa shape index (κ3) is 5.83. The van der Waals surface area contributed by atoms with Crippen LogP contribution in [0, 0.1) is 0 Å². The lowest BCUT2D eigenvalue weighted by Crippen LogP contribution is -2.51. The molecule has 30 heavy (non-hydrogen) atoms. The average Bonchev–Trinajstić information content (AvgIpc) is 2.78. The van der Waals surface area contributed by atoms with Crippen molar-refractivity contribution in [3.63, 3.8) is 0 Å². The van der Waals surface area contributed by atoms with Crippen molar-refractivity contribution < 1.29 is 19.1 Å². The molecule has 0 spiro atoms. The first kappa shape index (κ1) is 21.8. The summed E-state index contributed by atoms with van der Waals surface area (Å²) in [6.07, 6.45) is -0.666. The third-order valence-corrected chi connectivity index (χ3v) is 5.12. The number of ether oxygens (including phenoxy) is 2. The van der Waals surface area contributed by atoms with Gasteiger partial charge >= 0.3 is 5.97 Å². The van der Waals surface area contributed by atoms with Crippen LogP contribution in [0.3, 0.4) is 0 Å². The number of hydrogen-bond donors (Lipinski definition) is 0. The predicted molar refractivity (Wildman–Crippen MR) is 116 cm³/mol. The van der Waals surface area contributed by atoms with Gasteiger partial charge in [0.15, 0.2) is 6.10 Å². The normalized spacial score (nSPS) is 15.2. The molecule has 0 N–H and O–H groups in total. The number of hydrogen-bond acceptors (Lipinski definition) is 5. The zero-order chi connectivity index (χ0) is 21.5. The Balaban J connectivity index is 1.49. The average molecular weight is 411 g/mol. The van der Waals surface area contributed by atoms with Gasteiger partial charge in [-0.05, 0) is 50.6 Å². The first-order chi connectivity index (χ1) is 14.4. The summed E-state index contributed by atoms with van der Waals surface area (Å²) in [4.78, 5) is 29.2. The van der Waals surface area contributed by atoms with E-state index in [9.17, 15) is 9.59 Å². The van der Waals surface area contributed by atoms with Crippen molar-refractivity contribution in [2.45, 2.75) is 39.6 Å². The fraction of sp³-hybridized carbons (Fsp3) is 0.417. The molecule has 2 aromatic carbocycles. The number of para-hydroxylation sites is 1. The molecule has 1 heterocycles. The van der Waals surface area contributed by atoms with Crippen molar-refractivity contribution in [3.05, 3.63) is 65.7 Å². The highest BCUT2D eigenvalue weighted by Crippen LogP contribution is 2.17. The van der Waals surface area contributed by atoms with E-state index in [0.29, 0.717) is 25.3 Å². The number of nitrogens with zero attached hydrogens (tertiary/aromatic N) is 2. The maximum atomic E-state index is 12.7. The standard InChI is InChI=1S/C24H30N2O4/c1-18(2)29-17-20-9-11-21(12-10-20)24(28)30-19(3)23(27)26-15-13-25(14-16-26)22-7-5-4-6-8-22/h4-12,18-19H,13-17H2,1-3H3/t19-/m0/s1. The minimum absolute atomic E-state index is 0.149. The van der Waals surface area contributed by atoms with Gasteiger partial charge in [-0.1, -0.05) is 30.3 Å². The molecule has 1 amide bonds. The van der Waals surface area contributed by atoms with E-state index in [1.54, 1.807) is 24.0 Å². The second-order valence-electron chi connectivity index (χ2n) is 7.75. The summed E-state index contributed by atoms with van der Waals surface area (Å²) in [5.74, 6) is -0.645. The molecule has 0 saturated carbocycles. The van der Waals surface area contributed by atoms with E-state index < -0.39 is 12.1 Å². The summed E-state index contributed by atoms with van der Waals surface area (Å²) < 4.78 is 11.0. The molecule has 1 atom stereocenters. The van der Waals surface area contributed by atoms with Crippen molar-refractivity contribution in [2.24, 2.45) is 0 Å². The minimum Gasteiger partial charge on any atom is -0.449 e. The van der Waals surface area contributed by atoms with Gasteiger partial charge in [-0.2, -0.15) is 0 Å². The largest absolute Gasteiger partial charge is 0.449 e. The van der Waals surface area contributed by atoms with Gasteiger partial charge in [0.1, 0.15) is 0 Å². The van der Waals surface area contributed by atoms with Gasteiger partial charge in [0, 0.05) is 31.9 Å². The molecule has 2 aromatic rings. The van der Waals surface area contributed by atoms with Crippen molar-refractivity contribution in [3.8, 4) is 0 Å². The number of carbonyl (C=O) groups is 2. The Hall–Kier alpha value is -2.86. The van der Waals surface area contributed by atoms with Crippen LogP contribution in [-0.4, -0.2) is 55.2 Å². The van der Waals surface area contributed by atoms with Crippen molar-refractivity contribution in [1.29, 1.82) is 0 Å². The second kappa shape index (κ2) is 10.3. The highest BCUT2D eigenvalue weighted by molar-refractivity contribution is 5.92. The van der Waals surface area contributed by atoms with Crippen molar-refractivity contribution >= 4 is 17.6 Å². The van der Waals surface area contributed by atoms with Gasteiger partial charge in [0.05, 0.1) is 18.3 Å². The monoisotopic (exact) mass is 410 g/mol. The van der Waals surface area contributed by atoms with Crippen LogP contribution in [0.1, 0.15) is 36.7 Å². The Kier molecular flexibility index (Phi) is 7.46. The van der Waals surface area contributed by atoms with Crippen LogP contribution >= 0.6 is 0 Å². The van der Waals surface area contributed by atoms with Gasteiger partial charge < -0.3 is 19.3 Å². The van der Waals surface area contributed by atoms with E-state index >= 15 is 0 Å². The Labute approximate surface area is 178 Å². The first-order valence-electron chi connectivity index (χ1n) is 10.4. The maximum Gasteiger partial charge on any atom is 0.338 e. The molecule has 1 fully saturated rings. The SMILES string of the molecule is CC(C)OCc1ccc(C(=O)O[C@@H](C)C(=O)N2CCN(c3ccccc3)CC2)cc1. The number of carbonyl (C=O) groups excluding carboxylic acids is 2. The van der Waals surface area contributed by atoms with Crippen LogP contribution in [0.2, 0.25) is 0 Å². The Morgan fingerprint density at radius 2 is 1.53 bits per heavy atom. The molecule has 0 aliphatic carbocycles. The van der Waals surface area contributed by atoms with Crippen LogP contribution < -0.4 is 4.90 Å². The van der Waals surface area contributed by atoms with Crippen LogP contribution in [0.25, 0.3) is 0 Å². The fourth-order valence-corrected chi connectivity index (χ4v) is 3.36. The van der Waals surface area contributed by atoms with Crippen LogP contribution in [0.5, 0.6) is 0 Å². The Bertz CT molecular complexity index is 828. The Morgan fingerprint density at radius 1 is 0.900 bits per heavy atom. The summed E-state index contributed by atoms with van der Waals surface area (Å²) in [5, 5.41) is 0. The smallest absolute Gasteiger partial charge is 0.338 e. The van der Waals surface area contributed by atoms with E-state index in [1.807, 2.05) is 44.2 Å². The van der Waals surface area contributed by atoms with E-state index in [-0.39, 0.29) is 12.0 Å². The van der Waals surface area contributed by atoms with Gasteiger partial charge in [-0.25, -0.2) is 4.79 Å². The number of benzene rings is 2. The molecule has 0 aromatic heterocycles. The summed E-state index contributed by atoms with van der Waals surface area (Å²) >= 11 is 0.